The molecule has 2 fully saturated rings. The van der Waals surface area contributed by atoms with Gasteiger partial charge in [0.05, 0.1) is 0 Å². The van der Waals surface area contributed by atoms with Crippen LogP contribution in [-0.2, 0) is 0 Å². The van der Waals surface area contributed by atoms with Gasteiger partial charge in [0.1, 0.15) is 0 Å². The van der Waals surface area contributed by atoms with Crippen LogP contribution in [0.5, 0.6) is 0 Å². The second kappa shape index (κ2) is 5.85. The predicted molar refractivity (Wildman–Crippen MR) is 85.1 cm³/mol. The first-order chi connectivity index (χ1) is 8.90. The second-order valence-corrected chi connectivity index (χ2v) is 7.62. The molecule has 2 rings (SSSR count). The molecule has 19 heavy (non-hydrogen) atoms. The Balaban J connectivity index is 1.88. The van der Waals surface area contributed by atoms with Crippen molar-refractivity contribution < 1.29 is 0 Å². The van der Waals surface area contributed by atoms with E-state index in [-0.39, 0.29) is 0 Å². The van der Waals surface area contributed by atoms with Crippen molar-refractivity contribution in [3.63, 3.8) is 0 Å². The molecule has 0 aromatic rings. The average Bonchev–Trinajstić information content (AvgIpc) is 2.87. The van der Waals surface area contributed by atoms with E-state index >= 15 is 0 Å². The van der Waals surface area contributed by atoms with Crippen LogP contribution in [0.15, 0.2) is 22.8 Å². The first kappa shape index (κ1) is 14.9. The fraction of sp³-hybridized carbons (Fsp3) is 0.789. The summed E-state index contributed by atoms with van der Waals surface area (Å²) in [5, 5.41) is 0. The topological polar surface area (TPSA) is 0 Å². The van der Waals surface area contributed by atoms with Crippen molar-refractivity contribution in [2.75, 3.05) is 0 Å². The molecule has 0 heteroatoms. The molecule has 0 saturated heterocycles. The van der Waals surface area contributed by atoms with Crippen LogP contribution in [0.2, 0.25) is 0 Å². The molecule has 2 saturated carbocycles. The highest BCUT2D eigenvalue weighted by Gasteiger charge is 2.47. The van der Waals surface area contributed by atoms with Crippen molar-refractivity contribution in [1.29, 1.82) is 0 Å². The average molecular weight is 260 g/mol. The number of hydrogen-bond donors (Lipinski definition) is 0. The number of hydrogen-bond acceptors (Lipinski definition) is 0. The Morgan fingerprint density at radius 1 is 1.00 bits per heavy atom. The highest BCUT2D eigenvalue weighted by Crippen LogP contribution is 2.55. The van der Waals surface area contributed by atoms with Crippen LogP contribution in [0.4, 0.5) is 0 Å². The molecule has 0 N–H and O–H groups in total. The van der Waals surface area contributed by atoms with E-state index in [2.05, 4.69) is 47.6 Å². The van der Waals surface area contributed by atoms with Gasteiger partial charge in [-0.3, -0.25) is 0 Å². The van der Waals surface area contributed by atoms with Crippen LogP contribution in [0, 0.1) is 29.6 Å². The Bertz CT molecular complexity index is 379. The van der Waals surface area contributed by atoms with Gasteiger partial charge in [0, 0.05) is 0 Å². The lowest BCUT2D eigenvalue weighted by atomic mass is 9.74. The minimum absolute atomic E-state index is 0.969. The monoisotopic (exact) mass is 260 g/mol. The van der Waals surface area contributed by atoms with Crippen LogP contribution >= 0.6 is 0 Å². The van der Waals surface area contributed by atoms with E-state index in [0.29, 0.717) is 0 Å². The van der Waals surface area contributed by atoms with Gasteiger partial charge < -0.3 is 0 Å². The van der Waals surface area contributed by atoms with Crippen molar-refractivity contribution in [2.24, 2.45) is 29.6 Å². The SMILES string of the molecule is CC(=CCC1CC2CC1C(C)C2C)CC(C)=C(C)C. The molecule has 5 atom stereocenters. The summed E-state index contributed by atoms with van der Waals surface area (Å²) in [7, 11) is 0. The summed E-state index contributed by atoms with van der Waals surface area (Å²) in [5.41, 5.74) is 4.60. The molecule has 0 aromatic carbocycles. The first-order valence-corrected chi connectivity index (χ1v) is 8.18. The highest BCUT2D eigenvalue weighted by molar-refractivity contribution is 5.16. The molecule has 2 aliphatic carbocycles. The third-order valence-electron chi connectivity index (χ3n) is 6.20. The zero-order valence-corrected chi connectivity index (χ0v) is 13.8. The van der Waals surface area contributed by atoms with Crippen LogP contribution in [-0.4, -0.2) is 0 Å². The van der Waals surface area contributed by atoms with Crippen LogP contribution < -0.4 is 0 Å². The third kappa shape index (κ3) is 3.15. The van der Waals surface area contributed by atoms with E-state index in [4.69, 9.17) is 0 Å². The predicted octanol–water partition coefficient (Wildman–Crippen LogP) is 6.00. The molecule has 0 aromatic heterocycles. The van der Waals surface area contributed by atoms with Crippen molar-refractivity contribution >= 4 is 0 Å². The maximum Gasteiger partial charge on any atom is -0.0112 e. The van der Waals surface area contributed by atoms with Crippen molar-refractivity contribution in [3.8, 4) is 0 Å². The molecular weight excluding hydrogens is 228 g/mol. The van der Waals surface area contributed by atoms with E-state index in [1.165, 1.54) is 31.3 Å². The fourth-order valence-electron chi connectivity index (χ4n) is 4.39. The maximum atomic E-state index is 2.54. The maximum absolute atomic E-state index is 2.54. The van der Waals surface area contributed by atoms with Crippen molar-refractivity contribution in [1.82, 2.24) is 0 Å². The van der Waals surface area contributed by atoms with E-state index in [9.17, 15) is 0 Å². The molecule has 0 amide bonds. The third-order valence-corrected chi connectivity index (χ3v) is 6.20. The van der Waals surface area contributed by atoms with E-state index < -0.39 is 0 Å². The largest absolute Gasteiger partial charge is 0.0850 e. The summed E-state index contributed by atoms with van der Waals surface area (Å²) in [6.45, 7) is 14.0. The zero-order valence-electron chi connectivity index (χ0n) is 13.8. The van der Waals surface area contributed by atoms with Crippen LogP contribution in [0.25, 0.3) is 0 Å². The van der Waals surface area contributed by atoms with Crippen molar-refractivity contribution in [2.45, 2.75) is 67.2 Å². The smallest absolute Gasteiger partial charge is 0.0112 e. The molecule has 2 aliphatic rings. The minimum Gasteiger partial charge on any atom is -0.0850 e. The lowest BCUT2D eigenvalue weighted by Gasteiger charge is -2.31. The van der Waals surface area contributed by atoms with E-state index in [0.717, 1.165) is 29.6 Å². The zero-order chi connectivity index (χ0) is 14.2. The molecule has 5 unspecified atom stereocenters. The number of rotatable bonds is 4. The van der Waals surface area contributed by atoms with Gasteiger partial charge >= 0.3 is 0 Å². The Labute approximate surface area is 120 Å². The summed E-state index contributed by atoms with van der Waals surface area (Å²) in [6.07, 6.45) is 8.07. The van der Waals surface area contributed by atoms with Gasteiger partial charge in [-0.2, -0.15) is 0 Å². The highest BCUT2D eigenvalue weighted by atomic mass is 14.5. The Morgan fingerprint density at radius 3 is 2.21 bits per heavy atom. The lowest BCUT2D eigenvalue weighted by molar-refractivity contribution is 0.190. The van der Waals surface area contributed by atoms with Crippen LogP contribution in [0.1, 0.15) is 67.2 Å². The molecule has 0 nitrogen and oxygen atoms in total. The van der Waals surface area contributed by atoms with Crippen LogP contribution in [0.3, 0.4) is 0 Å². The molecule has 0 heterocycles. The molecule has 0 spiro atoms. The van der Waals surface area contributed by atoms with Gasteiger partial charge in [-0.15, -0.1) is 0 Å². The van der Waals surface area contributed by atoms with Gasteiger partial charge in [0.2, 0.25) is 0 Å². The van der Waals surface area contributed by atoms with Gasteiger partial charge in [0.25, 0.3) is 0 Å². The molecule has 0 radical (unpaired) electrons. The minimum atomic E-state index is 0.969. The van der Waals surface area contributed by atoms with E-state index in [1.54, 1.807) is 11.1 Å². The number of allylic oxidation sites excluding steroid dienone is 4. The summed E-state index contributed by atoms with van der Waals surface area (Å²) < 4.78 is 0. The Kier molecular flexibility index (Phi) is 4.58. The standard InChI is InChI=1S/C19H32/c1-12(2)14(4)9-13(3)7-8-17-10-18-11-19(17)16(6)15(18)5/h7,15-19H,8-11H2,1-6H3. The van der Waals surface area contributed by atoms with E-state index in [1.807, 2.05) is 0 Å². The molecule has 0 aliphatic heterocycles. The van der Waals surface area contributed by atoms with Gasteiger partial charge in [-0.05, 0) is 83.0 Å². The summed E-state index contributed by atoms with van der Waals surface area (Å²) in [4.78, 5) is 0. The quantitative estimate of drug-likeness (QED) is 0.544. The fourth-order valence-corrected chi connectivity index (χ4v) is 4.39. The summed E-state index contributed by atoms with van der Waals surface area (Å²) in [5.74, 6) is 5.00. The molecular formula is C19H32. The normalized spacial score (nSPS) is 37.8. The molecule has 108 valence electrons. The van der Waals surface area contributed by atoms with Gasteiger partial charge in [0.15, 0.2) is 0 Å². The first-order valence-electron chi connectivity index (χ1n) is 8.18. The summed E-state index contributed by atoms with van der Waals surface area (Å²) >= 11 is 0. The van der Waals surface area contributed by atoms with Gasteiger partial charge in [-0.1, -0.05) is 36.6 Å². The lowest BCUT2D eigenvalue weighted by Crippen LogP contribution is -2.23. The molecule has 2 bridgehead atoms. The Hall–Kier alpha value is -0.520. The van der Waals surface area contributed by atoms with Crippen molar-refractivity contribution in [3.05, 3.63) is 22.8 Å². The van der Waals surface area contributed by atoms with Gasteiger partial charge in [-0.25, -0.2) is 0 Å². The Morgan fingerprint density at radius 2 is 1.68 bits per heavy atom. The second-order valence-electron chi connectivity index (χ2n) is 7.62. The number of fused-ring (bicyclic) bond motifs is 2. The summed E-state index contributed by atoms with van der Waals surface area (Å²) in [6, 6.07) is 0.